The van der Waals surface area contributed by atoms with Gasteiger partial charge in [-0.2, -0.15) is 13.2 Å². The Hall–Kier alpha value is -1.11. The lowest BCUT2D eigenvalue weighted by Crippen LogP contribution is -2.40. The van der Waals surface area contributed by atoms with E-state index in [9.17, 15) is 22.4 Å². The van der Waals surface area contributed by atoms with Crippen molar-refractivity contribution in [2.45, 2.75) is 37.9 Å². The summed E-state index contributed by atoms with van der Waals surface area (Å²) in [4.78, 5) is 11.9. The maximum atomic E-state index is 13.6. The van der Waals surface area contributed by atoms with Crippen molar-refractivity contribution in [2.75, 3.05) is 0 Å². The molecule has 0 unspecified atom stereocenters. The third kappa shape index (κ3) is 4.18. The van der Waals surface area contributed by atoms with Gasteiger partial charge >= 0.3 is 6.18 Å². The summed E-state index contributed by atoms with van der Waals surface area (Å²) >= 11 is 3.09. The molecule has 0 spiro atoms. The summed E-state index contributed by atoms with van der Waals surface area (Å²) in [6.07, 6.45) is -3.66. The molecule has 21 heavy (non-hydrogen) atoms. The van der Waals surface area contributed by atoms with Crippen LogP contribution >= 0.6 is 15.9 Å². The molecule has 116 valence electrons. The Morgan fingerprint density at radius 3 is 2.33 bits per heavy atom. The fourth-order valence-corrected chi connectivity index (χ4v) is 2.83. The maximum absolute atomic E-state index is 13.6. The summed E-state index contributed by atoms with van der Waals surface area (Å²) in [6, 6.07) is 3.73. The number of hydrogen-bond acceptors (Lipinski definition) is 1. The summed E-state index contributed by atoms with van der Waals surface area (Å²) in [7, 11) is 0. The Labute approximate surface area is 128 Å². The molecule has 1 aliphatic carbocycles. The minimum absolute atomic E-state index is 0.00271. The van der Waals surface area contributed by atoms with E-state index in [1.165, 1.54) is 12.1 Å². The molecule has 7 heteroatoms. The third-order valence-electron chi connectivity index (χ3n) is 3.70. The highest BCUT2D eigenvalue weighted by atomic mass is 79.9. The molecule has 0 aliphatic heterocycles. The largest absolute Gasteiger partial charge is 0.391 e. The normalized spacial score (nSPS) is 22.9. The molecule has 1 N–H and O–H groups in total. The van der Waals surface area contributed by atoms with Gasteiger partial charge in [0.25, 0.3) is 5.91 Å². The number of hydrogen-bond donors (Lipinski definition) is 1. The zero-order valence-corrected chi connectivity index (χ0v) is 12.6. The highest BCUT2D eigenvalue weighted by Gasteiger charge is 2.41. The van der Waals surface area contributed by atoms with Gasteiger partial charge < -0.3 is 5.32 Å². The molecule has 1 aromatic carbocycles. The van der Waals surface area contributed by atoms with Crippen LogP contribution in [0.3, 0.4) is 0 Å². The molecular weight excluding hydrogens is 354 g/mol. The summed E-state index contributed by atoms with van der Waals surface area (Å²) in [5.41, 5.74) is -0.101. The Bertz CT molecular complexity index is 524. The fourth-order valence-electron chi connectivity index (χ4n) is 2.50. The van der Waals surface area contributed by atoms with Gasteiger partial charge in [0, 0.05) is 10.5 Å². The van der Waals surface area contributed by atoms with Crippen molar-refractivity contribution in [1.82, 2.24) is 5.32 Å². The molecule has 0 aromatic heterocycles. The zero-order valence-electron chi connectivity index (χ0n) is 11.0. The number of benzene rings is 1. The number of nitrogens with one attached hydrogen (secondary N) is 1. The smallest absolute Gasteiger partial charge is 0.349 e. The lowest BCUT2D eigenvalue weighted by Gasteiger charge is -2.30. The van der Waals surface area contributed by atoms with E-state index >= 15 is 0 Å². The van der Waals surface area contributed by atoms with Crippen LogP contribution in [0.1, 0.15) is 36.0 Å². The van der Waals surface area contributed by atoms with E-state index in [4.69, 9.17) is 0 Å². The van der Waals surface area contributed by atoms with Crippen LogP contribution in [0.5, 0.6) is 0 Å². The minimum atomic E-state index is -4.17. The first-order valence-electron chi connectivity index (χ1n) is 6.60. The number of halogens is 5. The molecule has 1 amide bonds. The molecule has 1 saturated carbocycles. The number of amides is 1. The third-order valence-corrected chi connectivity index (χ3v) is 4.19. The van der Waals surface area contributed by atoms with Gasteiger partial charge in [0.1, 0.15) is 5.82 Å². The van der Waals surface area contributed by atoms with Gasteiger partial charge in [-0.3, -0.25) is 4.79 Å². The molecule has 0 heterocycles. The number of alkyl halides is 3. The number of carbonyl (C=O) groups excluding carboxylic acids is 1. The van der Waals surface area contributed by atoms with Gasteiger partial charge in [0.2, 0.25) is 0 Å². The van der Waals surface area contributed by atoms with Crippen LogP contribution in [0.4, 0.5) is 17.6 Å². The lowest BCUT2D eigenvalue weighted by atomic mass is 9.85. The molecule has 2 rings (SSSR count). The molecule has 1 fully saturated rings. The highest BCUT2D eigenvalue weighted by Crippen LogP contribution is 2.37. The predicted molar refractivity (Wildman–Crippen MR) is 73.4 cm³/mol. The maximum Gasteiger partial charge on any atom is 0.391 e. The minimum Gasteiger partial charge on any atom is -0.349 e. The Morgan fingerprint density at radius 1 is 1.19 bits per heavy atom. The van der Waals surface area contributed by atoms with E-state index in [0.717, 1.165) is 0 Å². The van der Waals surface area contributed by atoms with E-state index in [2.05, 4.69) is 21.2 Å². The average molecular weight is 368 g/mol. The first-order chi connectivity index (χ1) is 9.77. The second kappa shape index (κ2) is 6.34. The SMILES string of the molecule is O=C(NC1CCC(C(F)(F)F)CC1)c1ccc(Br)cc1F. The van der Waals surface area contributed by atoms with E-state index in [1.807, 2.05) is 0 Å². The van der Waals surface area contributed by atoms with Crippen LogP contribution < -0.4 is 5.32 Å². The van der Waals surface area contributed by atoms with Gasteiger partial charge in [-0.25, -0.2) is 4.39 Å². The van der Waals surface area contributed by atoms with Crippen molar-refractivity contribution < 1.29 is 22.4 Å². The molecule has 0 radical (unpaired) electrons. The fraction of sp³-hybridized carbons (Fsp3) is 0.500. The van der Waals surface area contributed by atoms with E-state index < -0.39 is 23.8 Å². The first kappa shape index (κ1) is 16.3. The molecule has 0 atom stereocenters. The first-order valence-corrected chi connectivity index (χ1v) is 7.39. The highest BCUT2D eigenvalue weighted by molar-refractivity contribution is 9.10. The molecule has 0 saturated heterocycles. The van der Waals surface area contributed by atoms with Crippen molar-refractivity contribution in [3.05, 3.63) is 34.1 Å². The molecule has 0 bridgehead atoms. The van der Waals surface area contributed by atoms with Crippen LogP contribution in [0, 0.1) is 11.7 Å². The topological polar surface area (TPSA) is 29.1 Å². The van der Waals surface area contributed by atoms with Crippen molar-refractivity contribution >= 4 is 21.8 Å². The lowest BCUT2D eigenvalue weighted by molar-refractivity contribution is -0.182. The molecule has 1 aliphatic rings. The van der Waals surface area contributed by atoms with Crippen LogP contribution in [-0.4, -0.2) is 18.1 Å². The summed E-state index contributed by atoms with van der Waals surface area (Å²) < 4.78 is 51.8. The van der Waals surface area contributed by atoms with E-state index in [-0.39, 0.29) is 37.3 Å². The number of carbonyl (C=O) groups is 1. The average Bonchev–Trinajstić information content (AvgIpc) is 2.38. The second-order valence-corrected chi connectivity index (χ2v) is 6.10. The molecule has 2 nitrogen and oxygen atoms in total. The van der Waals surface area contributed by atoms with Crippen molar-refractivity contribution in [3.8, 4) is 0 Å². The number of rotatable bonds is 2. The second-order valence-electron chi connectivity index (χ2n) is 5.19. The summed E-state index contributed by atoms with van der Waals surface area (Å²) in [5, 5.41) is 2.61. The predicted octanol–water partition coefficient (Wildman–Crippen LogP) is 4.44. The van der Waals surface area contributed by atoms with Crippen molar-refractivity contribution in [2.24, 2.45) is 5.92 Å². The van der Waals surface area contributed by atoms with Gasteiger partial charge in [-0.05, 0) is 43.9 Å². The van der Waals surface area contributed by atoms with E-state index in [1.54, 1.807) is 6.07 Å². The molecule has 1 aromatic rings. The van der Waals surface area contributed by atoms with Gasteiger partial charge in [-0.15, -0.1) is 0 Å². The summed E-state index contributed by atoms with van der Waals surface area (Å²) in [6.45, 7) is 0. The standard InChI is InChI=1S/C14H14BrF4NO/c15-9-3-6-11(12(16)7-9)13(21)20-10-4-1-8(2-5-10)14(17,18)19/h3,6-8,10H,1-2,4-5H2,(H,20,21). The quantitative estimate of drug-likeness (QED) is 0.769. The molecular formula is C14H14BrF4NO. The van der Waals surface area contributed by atoms with E-state index in [0.29, 0.717) is 4.47 Å². The Balaban J connectivity index is 1.93. The van der Waals surface area contributed by atoms with Crippen molar-refractivity contribution in [3.63, 3.8) is 0 Å². The van der Waals surface area contributed by atoms with Crippen LogP contribution in [0.25, 0.3) is 0 Å². The zero-order chi connectivity index (χ0) is 15.6. The Morgan fingerprint density at radius 2 is 1.81 bits per heavy atom. The van der Waals surface area contributed by atoms with Crippen LogP contribution in [-0.2, 0) is 0 Å². The Kier molecular flexibility index (Phi) is 4.91. The monoisotopic (exact) mass is 367 g/mol. The van der Waals surface area contributed by atoms with Crippen LogP contribution in [0.2, 0.25) is 0 Å². The van der Waals surface area contributed by atoms with Crippen LogP contribution in [0.15, 0.2) is 22.7 Å². The van der Waals surface area contributed by atoms with Gasteiger partial charge in [0.15, 0.2) is 0 Å². The van der Waals surface area contributed by atoms with Gasteiger partial charge in [0.05, 0.1) is 11.5 Å². The summed E-state index contributed by atoms with van der Waals surface area (Å²) in [5.74, 6) is -2.55. The van der Waals surface area contributed by atoms with Crippen molar-refractivity contribution in [1.29, 1.82) is 0 Å². The van der Waals surface area contributed by atoms with Gasteiger partial charge in [-0.1, -0.05) is 15.9 Å².